The number of amides is 3. The molecule has 0 fully saturated rings. The van der Waals surface area contributed by atoms with Gasteiger partial charge in [-0.15, -0.1) is 0 Å². The van der Waals surface area contributed by atoms with Gasteiger partial charge in [-0.2, -0.15) is 9.41 Å². The average Bonchev–Trinajstić information content (AvgIpc) is 3.48. The highest BCUT2D eigenvalue weighted by Crippen LogP contribution is 2.21. The first-order valence-corrected chi connectivity index (χ1v) is 14.4. The van der Waals surface area contributed by atoms with E-state index < -0.39 is 34.3 Å². The highest BCUT2D eigenvalue weighted by Gasteiger charge is 2.27. The van der Waals surface area contributed by atoms with E-state index in [1.807, 2.05) is 6.07 Å². The van der Waals surface area contributed by atoms with E-state index in [1.165, 1.54) is 37.6 Å². The Morgan fingerprint density at radius 2 is 1.56 bits per heavy atom. The van der Waals surface area contributed by atoms with Crippen molar-refractivity contribution < 1.29 is 32.0 Å². The number of ether oxygens (including phenoxy) is 1. The minimum Gasteiger partial charge on any atom is -0.497 e. The summed E-state index contributed by atoms with van der Waals surface area (Å²) in [5.41, 5.74) is 3.49. The number of anilines is 1. The van der Waals surface area contributed by atoms with E-state index in [0.717, 1.165) is 4.31 Å². The van der Waals surface area contributed by atoms with Crippen LogP contribution in [0, 0.1) is 0 Å². The number of hydrazone groups is 1. The number of benzene rings is 3. The maximum Gasteiger partial charge on any atom is 0.313 e. The molecule has 0 aliphatic carbocycles. The Hall–Kier alpha value is -5.27. The number of carbonyl (C=O) groups is 3. The lowest BCUT2D eigenvalue weighted by molar-refractivity contribution is -0.136. The first kappa shape index (κ1) is 30.7. The predicted octanol–water partition coefficient (Wildman–Crippen LogP) is 2.88. The second-order valence-corrected chi connectivity index (χ2v) is 11.0. The quantitative estimate of drug-likeness (QED) is 0.128. The van der Waals surface area contributed by atoms with Gasteiger partial charge < -0.3 is 19.8 Å². The van der Waals surface area contributed by atoms with Gasteiger partial charge in [-0.3, -0.25) is 14.4 Å². The molecule has 43 heavy (non-hydrogen) atoms. The molecule has 0 aliphatic rings. The standard InChI is InChI=1S/C30H29N5O7S/c1-41-24-14-16-27(17-15-24)43(39,40)35(20-22-8-4-2-5-9-22)21-28(36)34-32-19-26-13-12-25(42-26)18-31-29(37)30(38)33-23-10-6-3-7-11-23/h2-17,19H,18,20-21H2,1H3,(H,31,37)(H,33,38)(H,34,36)/b32-19-. The fourth-order valence-electron chi connectivity index (χ4n) is 3.79. The molecule has 3 amide bonds. The van der Waals surface area contributed by atoms with Crippen molar-refractivity contribution in [2.45, 2.75) is 18.0 Å². The number of para-hydroxylation sites is 1. The molecular formula is C30H29N5O7S. The van der Waals surface area contributed by atoms with Crippen molar-refractivity contribution in [1.82, 2.24) is 15.0 Å². The van der Waals surface area contributed by atoms with E-state index in [-0.39, 0.29) is 23.7 Å². The predicted molar refractivity (Wildman–Crippen MR) is 158 cm³/mol. The number of methoxy groups -OCH3 is 1. The molecule has 13 heteroatoms. The number of hydrogen-bond acceptors (Lipinski definition) is 8. The summed E-state index contributed by atoms with van der Waals surface area (Å²) >= 11 is 0. The fourth-order valence-corrected chi connectivity index (χ4v) is 5.17. The zero-order valence-electron chi connectivity index (χ0n) is 23.1. The fraction of sp³-hybridized carbons (Fsp3) is 0.133. The molecule has 0 radical (unpaired) electrons. The van der Waals surface area contributed by atoms with Crippen LogP contribution < -0.4 is 20.8 Å². The molecule has 3 N–H and O–H groups in total. The summed E-state index contributed by atoms with van der Waals surface area (Å²) in [6, 6.07) is 26.5. The third-order valence-corrected chi connectivity index (χ3v) is 7.75. The SMILES string of the molecule is COc1ccc(S(=O)(=O)N(CC(=O)N/N=C\c2ccc(CNC(=O)C(=O)Nc3ccccc3)o2)Cc2ccccc2)cc1. The minimum absolute atomic E-state index is 0.00767. The van der Waals surface area contributed by atoms with Crippen LogP contribution >= 0.6 is 0 Å². The van der Waals surface area contributed by atoms with E-state index in [4.69, 9.17) is 9.15 Å². The monoisotopic (exact) mass is 603 g/mol. The number of sulfonamides is 1. The molecule has 4 aromatic rings. The molecular weight excluding hydrogens is 574 g/mol. The maximum atomic E-state index is 13.4. The first-order valence-electron chi connectivity index (χ1n) is 13.0. The van der Waals surface area contributed by atoms with Crippen LogP contribution in [0.2, 0.25) is 0 Å². The van der Waals surface area contributed by atoms with Crippen molar-refractivity contribution in [2.75, 3.05) is 19.0 Å². The Kier molecular flexibility index (Phi) is 10.4. The summed E-state index contributed by atoms with van der Waals surface area (Å²) in [4.78, 5) is 36.8. The molecule has 1 heterocycles. The normalized spacial score (nSPS) is 11.3. The summed E-state index contributed by atoms with van der Waals surface area (Å²) in [7, 11) is -2.57. The lowest BCUT2D eigenvalue weighted by Crippen LogP contribution is -2.39. The molecule has 0 aliphatic heterocycles. The molecule has 0 unspecified atom stereocenters. The van der Waals surface area contributed by atoms with Gasteiger partial charge in [0.1, 0.15) is 17.3 Å². The van der Waals surface area contributed by atoms with E-state index in [0.29, 0.717) is 22.8 Å². The van der Waals surface area contributed by atoms with Crippen molar-refractivity contribution in [3.8, 4) is 5.75 Å². The van der Waals surface area contributed by atoms with Gasteiger partial charge in [0.15, 0.2) is 0 Å². The van der Waals surface area contributed by atoms with Crippen LogP contribution in [0.1, 0.15) is 17.1 Å². The smallest absolute Gasteiger partial charge is 0.313 e. The van der Waals surface area contributed by atoms with Crippen molar-refractivity contribution in [2.24, 2.45) is 5.10 Å². The average molecular weight is 604 g/mol. The van der Waals surface area contributed by atoms with Crippen molar-refractivity contribution in [1.29, 1.82) is 0 Å². The van der Waals surface area contributed by atoms with Gasteiger partial charge >= 0.3 is 11.8 Å². The Labute approximate surface area is 248 Å². The van der Waals surface area contributed by atoms with Crippen molar-refractivity contribution in [3.63, 3.8) is 0 Å². The van der Waals surface area contributed by atoms with Crippen LogP contribution in [-0.2, 0) is 37.5 Å². The van der Waals surface area contributed by atoms with Gasteiger partial charge in [0, 0.05) is 12.2 Å². The summed E-state index contributed by atoms with van der Waals surface area (Å²) in [6.07, 6.45) is 1.23. The van der Waals surface area contributed by atoms with Crippen LogP contribution in [0.15, 0.2) is 111 Å². The number of carbonyl (C=O) groups excluding carboxylic acids is 3. The second kappa shape index (κ2) is 14.6. The number of hydrogen-bond donors (Lipinski definition) is 3. The number of nitrogens with one attached hydrogen (secondary N) is 3. The minimum atomic E-state index is -4.05. The Morgan fingerprint density at radius 1 is 0.884 bits per heavy atom. The highest BCUT2D eigenvalue weighted by atomic mass is 32.2. The van der Waals surface area contributed by atoms with Gasteiger partial charge in [0.2, 0.25) is 10.0 Å². The highest BCUT2D eigenvalue weighted by molar-refractivity contribution is 7.89. The van der Waals surface area contributed by atoms with Crippen molar-refractivity contribution >= 4 is 39.6 Å². The second-order valence-electron chi connectivity index (χ2n) is 9.03. The largest absolute Gasteiger partial charge is 0.497 e. The van der Waals surface area contributed by atoms with Gasteiger partial charge in [-0.05, 0) is 54.1 Å². The van der Waals surface area contributed by atoms with Crippen LogP contribution in [0.5, 0.6) is 5.75 Å². The van der Waals surface area contributed by atoms with Crippen LogP contribution in [0.25, 0.3) is 0 Å². The Morgan fingerprint density at radius 3 is 2.23 bits per heavy atom. The van der Waals surface area contributed by atoms with Crippen molar-refractivity contribution in [3.05, 3.63) is 114 Å². The molecule has 4 rings (SSSR count). The molecule has 1 aromatic heterocycles. The zero-order valence-corrected chi connectivity index (χ0v) is 23.9. The van der Waals surface area contributed by atoms with E-state index in [9.17, 15) is 22.8 Å². The molecule has 0 bridgehead atoms. The summed E-state index contributed by atoms with van der Waals surface area (Å²) in [5, 5.41) is 8.79. The lowest BCUT2D eigenvalue weighted by atomic mass is 10.2. The maximum absolute atomic E-state index is 13.4. The molecule has 222 valence electrons. The van der Waals surface area contributed by atoms with Gasteiger partial charge in [-0.25, -0.2) is 13.8 Å². The van der Waals surface area contributed by atoms with E-state index >= 15 is 0 Å². The molecule has 0 spiro atoms. The topological polar surface area (TPSA) is 159 Å². The molecule has 0 saturated carbocycles. The lowest BCUT2D eigenvalue weighted by Gasteiger charge is -2.21. The van der Waals surface area contributed by atoms with Crippen LogP contribution in [0.4, 0.5) is 5.69 Å². The molecule has 3 aromatic carbocycles. The molecule has 12 nitrogen and oxygen atoms in total. The third-order valence-electron chi connectivity index (χ3n) is 5.94. The summed E-state index contributed by atoms with van der Waals surface area (Å²) < 4.78 is 38.5. The van der Waals surface area contributed by atoms with Gasteiger partial charge in [0.25, 0.3) is 5.91 Å². The summed E-state index contributed by atoms with van der Waals surface area (Å²) in [5.74, 6) is -1.24. The third kappa shape index (κ3) is 8.86. The van der Waals surface area contributed by atoms with E-state index in [2.05, 4.69) is 21.2 Å². The number of rotatable bonds is 12. The molecule has 0 saturated heterocycles. The first-order chi connectivity index (χ1) is 20.7. The zero-order chi connectivity index (χ0) is 30.7. The number of nitrogens with zero attached hydrogens (tertiary/aromatic N) is 2. The van der Waals surface area contributed by atoms with Crippen LogP contribution in [0.3, 0.4) is 0 Å². The van der Waals surface area contributed by atoms with E-state index in [1.54, 1.807) is 66.7 Å². The molecule has 0 atom stereocenters. The Bertz CT molecular complexity index is 1670. The summed E-state index contributed by atoms with van der Waals surface area (Å²) in [6.45, 7) is -0.594. The number of furan rings is 1. The Balaban J connectivity index is 1.33. The van der Waals surface area contributed by atoms with Gasteiger partial charge in [-0.1, -0.05) is 48.5 Å². The van der Waals surface area contributed by atoms with Crippen LogP contribution in [-0.4, -0.2) is 50.3 Å². The van der Waals surface area contributed by atoms with Gasteiger partial charge in [0.05, 0.1) is 31.3 Å².